The number of hydrogen-bond donors (Lipinski definition) is 0. The van der Waals surface area contributed by atoms with Crippen molar-refractivity contribution < 1.29 is 13.9 Å². The summed E-state index contributed by atoms with van der Waals surface area (Å²) >= 11 is 8.44. The minimum absolute atomic E-state index is 0.0563. The third-order valence-electron chi connectivity index (χ3n) is 2.92. The van der Waals surface area contributed by atoms with E-state index in [-0.39, 0.29) is 4.84 Å². The molecule has 3 rings (SSSR count). The van der Waals surface area contributed by atoms with E-state index in [1.165, 1.54) is 4.57 Å². The predicted octanol–water partition coefficient (Wildman–Crippen LogP) is 5.08. The minimum Gasteiger partial charge on any atom is -0.429 e. The van der Waals surface area contributed by atoms with E-state index >= 15 is 0 Å². The maximum Gasteiger partial charge on any atom is 0.427 e. The molecule has 0 unspecified atom stereocenters. The van der Waals surface area contributed by atoms with Gasteiger partial charge in [0.1, 0.15) is 5.75 Å². The molecule has 0 saturated carbocycles. The Labute approximate surface area is 134 Å². The molecule has 0 aliphatic heterocycles. The van der Waals surface area contributed by atoms with Crippen molar-refractivity contribution in [2.75, 3.05) is 0 Å². The van der Waals surface area contributed by atoms with Crippen molar-refractivity contribution in [2.24, 2.45) is 0 Å². The fraction of sp³-hybridized carbons (Fsp3) is 0.0667. The minimum atomic E-state index is -0.591. The summed E-state index contributed by atoms with van der Waals surface area (Å²) in [5.74, 6) is 0.466. The highest BCUT2D eigenvalue weighted by Crippen LogP contribution is 2.23. The molecule has 0 atom stereocenters. The first-order valence-electron chi connectivity index (χ1n) is 6.14. The molecule has 0 amide bonds. The van der Waals surface area contributed by atoms with Gasteiger partial charge in [-0.15, -0.1) is 0 Å². The lowest BCUT2D eigenvalue weighted by Crippen LogP contribution is -2.16. The Morgan fingerprint density at radius 2 is 2.10 bits per heavy atom. The second kappa shape index (κ2) is 5.46. The van der Waals surface area contributed by atoms with E-state index in [0.29, 0.717) is 16.8 Å². The number of fused-ring (bicyclic) bond motifs is 1. The SMILES string of the molecule is Cc1cccc(OC(=O)n2c(=S)oc3cc(Br)ccc32)c1. The summed E-state index contributed by atoms with van der Waals surface area (Å²) in [7, 11) is 0. The van der Waals surface area contributed by atoms with E-state index in [2.05, 4.69) is 15.9 Å². The molecule has 0 aliphatic rings. The fourth-order valence-corrected chi connectivity index (χ4v) is 2.59. The Morgan fingerprint density at radius 3 is 2.86 bits per heavy atom. The van der Waals surface area contributed by atoms with Crippen LogP contribution in [0, 0.1) is 11.8 Å². The summed E-state index contributed by atoms with van der Waals surface area (Å²) in [6, 6.07) is 12.5. The molecule has 0 fully saturated rings. The molecule has 0 aliphatic carbocycles. The van der Waals surface area contributed by atoms with Crippen LogP contribution in [-0.4, -0.2) is 10.7 Å². The van der Waals surface area contributed by atoms with Crippen LogP contribution in [-0.2, 0) is 0 Å². The average Bonchev–Trinajstić information content (AvgIpc) is 2.73. The molecule has 0 spiro atoms. The topological polar surface area (TPSA) is 44.4 Å². The third-order valence-corrected chi connectivity index (χ3v) is 3.68. The number of carbonyl (C=O) groups excluding carboxylic acids is 1. The van der Waals surface area contributed by atoms with Crippen LogP contribution in [0.3, 0.4) is 0 Å². The van der Waals surface area contributed by atoms with Crippen LogP contribution in [0.5, 0.6) is 5.75 Å². The van der Waals surface area contributed by atoms with Gasteiger partial charge in [0.25, 0.3) is 4.84 Å². The van der Waals surface area contributed by atoms with Crippen LogP contribution < -0.4 is 4.74 Å². The molecular formula is C15H10BrNO3S. The van der Waals surface area contributed by atoms with E-state index in [1.807, 2.05) is 25.1 Å². The summed E-state index contributed by atoms with van der Waals surface area (Å²) in [5, 5.41) is 0. The van der Waals surface area contributed by atoms with Crippen molar-refractivity contribution in [1.82, 2.24) is 4.57 Å². The second-order valence-corrected chi connectivity index (χ2v) is 5.76. The zero-order valence-electron chi connectivity index (χ0n) is 11.0. The first-order valence-corrected chi connectivity index (χ1v) is 7.35. The van der Waals surface area contributed by atoms with E-state index < -0.39 is 6.09 Å². The van der Waals surface area contributed by atoms with Crippen molar-refractivity contribution in [2.45, 2.75) is 6.92 Å². The van der Waals surface area contributed by atoms with Gasteiger partial charge in [0, 0.05) is 4.47 Å². The highest BCUT2D eigenvalue weighted by atomic mass is 79.9. The first-order chi connectivity index (χ1) is 10.0. The van der Waals surface area contributed by atoms with Crippen LogP contribution in [0.4, 0.5) is 4.79 Å². The number of hydrogen-bond acceptors (Lipinski definition) is 4. The molecule has 1 heterocycles. The number of halogens is 1. The van der Waals surface area contributed by atoms with E-state index in [0.717, 1.165) is 10.0 Å². The smallest absolute Gasteiger partial charge is 0.427 e. The van der Waals surface area contributed by atoms with Gasteiger partial charge in [0.2, 0.25) is 0 Å². The van der Waals surface area contributed by atoms with Gasteiger partial charge >= 0.3 is 6.09 Å². The van der Waals surface area contributed by atoms with Crippen molar-refractivity contribution in [3.8, 4) is 5.75 Å². The molecule has 2 aromatic carbocycles. The van der Waals surface area contributed by atoms with Gasteiger partial charge < -0.3 is 9.15 Å². The number of rotatable bonds is 1. The van der Waals surface area contributed by atoms with Gasteiger partial charge in [0.15, 0.2) is 5.58 Å². The average molecular weight is 364 g/mol. The Bertz CT molecular complexity index is 897. The van der Waals surface area contributed by atoms with Crippen LogP contribution >= 0.6 is 28.1 Å². The van der Waals surface area contributed by atoms with Crippen LogP contribution in [0.25, 0.3) is 11.1 Å². The first kappa shape index (κ1) is 14.0. The monoisotopic (exact) mass is 363 g/mol. The van der Waals surface area contributed by atoms with Crippen molar-refractivity contribution in [1.29, 1.82) is 0 Å². The van der Waals surface area contributed by atoms with Gasteiger partial charge in [-0.25, -0.2) is 9.36 Å². The number of aryl methyl sites for hydroxylation is 1. The standard InChI is InChI=1S/C15H10BrNO3S/c1-9-3-2-4-11(7-9)19-14(18)17-12-6-5-10(16)8-13(12)20-15(17)21/h2-8H,1H3. The van der Waals surface area contributed by atoms with E-state index in [4.69, 9.17) is 21.4 Å². The lowest BCUT2D eigenvalue weighted by Gasteiger charge is -2.05. The number of carbonyl (C=O) groups is 1. The number of benzene rings is 2. The number of nitrogens with zero attached hydrogens (tertiary/aromatic N) is 1. The van der Waals surface area contributed by atoms with Gasteiger partial charge in [-0.2, -0.15) is 0 Å². The summed E-state index contributed by atoms with van der Waals surface area (Å²) in [4.78, 5) is 12.4. The molecule has 0 bridgehead atoms. The molecular weight excluding hydrogens is 354 g/mol. The highest BCUT2D eigenvalue weighted by Gasteiger charge is 2.16. The van der Waals surface area contributed by atoms with Gasteiger partial charge in [-0.1, -0.05) is 28.1 Å². The third kappa shape index (κ3) is 2.77. The molecule has 0 saturated heterocycles. The summed E-state index contributed by atoms with van der Waals surface area (Å²) in [5.41, 5.74) is 2.10. The molecule has 6 heteroatoms. The predicted molar refractivity (Wildman–Crippen MR) is 85.3 cm³/mol. The van der Waals surface area contributed by atoms with Gasteiger partial charge in [0.05, 0.1) is 5.52 Å². The fourth-order valence-electron chi connectivity index (χ4n) is 1.99. The number of oxazole rings is 1. The Kier molecular flexibility index (Phi) is 3.65. The molecule has 0 radical (unpaired) electrons. The van der Waals surface area contributed by atoms with Crippen molar-refractivity contribution in [3.63, 3.8) is 0 Å². The van der Waals surface area contributed by atoms with E-state index in [1.54, 1.807) is 24.3 Å². The molecule has 21 heavy (non-hydrogen) atoms. The number of aromatic nitrogens is 1. The summed E-state index contributed by atoms with van der Waals surface area (Å²) in [6.07, 6.45) is -0.591. The summed E-state index contributed by atoms with van der Waals surface area (Å²) in [6.45, 7) is 1.92. The van der Waals surface area contributed by atoms with Crippen molar-refractivity contribution >= 4 is 45.3 Å². The van der Waals surface area contributed by atoms with Crippen LogP contribution in [0.2, 0.25) is 0 Å². The van der Waals surface area contributed by atoms with E-state index in [9.17, 15) is 4.79 Å². The van der Waals surface area contributed by atoms with Gasteiger partial charge in [-0.3, -0.25) is 0 Å². The number of ether oxygens (including phenoxy) is 1. The lowest BCUT2D eigenvalue weighted by molar-refractivity contribution is 0.202. The zero-order valence-corrected chi connectivity index (χ0v) is 13.4. The second-order valence-electron chi connectivity index (χ2n) is 4.50. The van der Waals surface area contributed by atoms with Gasteiger partial charge in [-0.05, 0) is 55.0 Å². The maximum atomic E-state index is 12.3. The largest absolute Gasteiger partial charge is 0.429 e. The molecule has 3 aromatic rings. The lowest BCUT2D eigenvalue weighted by atomic mass is 10.2. The van der Waals surface area contributed by atoms with Crippen LogP contribution in [0.15, 0.2) is 51.4 Å². The maximum absolute atomic E-state index is 12.3. The Hall–Kier alpha value is -1.92. The quantitative estimate of drug-likeness (QED) is 0.565. The van der Waals surface area contributed by atoms with Crippen molar-refractivity contribution in [3.05, 3.63) is 57.3 Å². The van der Waals surface area contributed by atoms with Crippen LogP contribution in [0.1, 0.15) is 5.56 Å². The zero-order chi connectivity index (χ0) is 15.0. The molecule has 106 valence electrons. The Balaban J connectivity index is 2.02. The molecule has 1 aromatic heterocycles. The highest BCUT2D eigenvalue weighted by molar-refractivity contribution is 9.10. The Morgan fingerprint density at radius 1 is 1.29 bits per heavy atom. The normalized spacial score (nSPS) is 10.8. The summed E-state index contributed by atoms with van der Waals surface area (Å²) < 4.78 is 12.8. The molecule has 0 N–H and O–H groups in total. The molecule has 4 nitrogen and oxygen atoms in total.